The molecule has 3 aromatic rings. The number of benzene rings is 2. The Morgan fingerprint density at radius 3 is 2.72 bits per heavy atom. The van der Waals surface area contributed by atoms with E-state index in [4.69, 9.17) is 13.9 Å². The maximum Gasteiger partial charge on any atom is 0.344 e. The molecule has 0 saturated heterocycles. The van der Waals surface area contributed by atoms with E-state index in [1.807, 2.05) is 6.92 Å². The fourth-order valence-electron chi connectivity index (χ4n) is 2.78. The molecule has 6 heteroatoms. The van der Waals surface area contributed by atoms with Crippen LogP contribution in [0, 0.1) is 5.82 Å². The average Bonchev–Trinajstić information content (AvgIpc) is 2.60. The van der Waals surface area contributed by atoms with Crippen LogP contribution in [0.2, 0.25) is 0 Å². The van der Waals surface area contributed by atoms with Gasteiger partial charge in [-0.1, -0.05) is 6.92 Å². The number of hydrogen-bond donors (Lipinski definition) is 1. The molecule has 1 aromatic heterocycles. The summed E-state index contributed by atoms with van der Waals surface area (Å²) in [6.07, 6.45) is 1.51. The molecule has 0 bridgehead atoms. The van der Waals surface area contributed by atoms with Gasteiger partial charge >= 0.3 is 5.63 Å². The highest BCUT2D eigenvalue weighted by atomic mass is 19.1. The molecule has 3 rings (SSSR count). The summed E-state index contributed by atoms with van der Waals surface area (Å²) in [5.74, 6) is -0.783. The SMILES string of the molecule is CCC(CCOC)Oc1ccc2c(c1)c(=O)oc1cc(O)c(F)cc12. The van der Waals surface area contributed by atoms with Gasteiger partial charge in [0.25, 0.3) is 0 Å². The smallest absolute Gasteiger partial charge is 0.344 e. The zero-order chi connectivity index (χ0) is 18.0. The lowest BCUT2D eigenvalue weighted by Gasteiger charge is -2.17. The molecule has 0 aliphatic heterocycles. The number of aromatic hydroxyl groups is 1. The number of halogens is 1. The lowest BCUT2D eigenvalue weighted by atomic mass is 10.1. The molecule has 25 heavy (non-hydrogen) atoms. The van der Waals surface area contributed by atoms with Gasteiger partial charge in [0.1, 0.15) is 17.4 Å². The van der Waals surface area contributed by atoms with Crippen LogP contribution in [0.25, 0.3) is 21.7 Å². The highest BCUT2D eigenvalue weighted by Gasteiger charge is 2.14. The molecule has 1 atom stereocenters. The fourth-order valence-corrected chi connectivity index (χ4v) is 2.78. The van der Waals surface area contributed by atoms with E-state index in [1.54, 1.807) is 25.3 Å². The van der Waals surface area contributed by atoms with Crippen molar-refractivity contribution in [2.45, 2.75) is 25.9 Å². The molecular weight excluding hydrogens is 327 g/mol. The van der Waals surface area contributed by atoms with Crippen LogP contribution in [0.3, 0.4) is 0 Å². The Morgan fingerprint density at radius 2 is 2.00 bits per heavy atom. The minimum Gasteiger partial charge on any atom is -0.505 e. The first-order valence-electron chi connectivity index (χ1n) is 8.08. The number of methoxy groups -OCH3 is 1. The second kappa shape index (κ2) is 7.11. The molecule has 0 aliphatic rings. The molecule has 132 valence electrons. The number of phenols is 1. The van der Waals surface area contributed by atoms with Crippen molar-refractivity contribution in [2.75, 3.05) is 13.7 Å². The highest BCUT2D eigenvalue weighted by molar-refractivity contribution is 6.04. The summed E-state index contributed by atoms with van der Waals surface area (Å²) < 4.78 is 29.9. The van der Waals surface area contributed by atoms with Crippen molar-refractivity contribution in [3.8, 4) is 11.5 Å². The van der Waals surface area contributed by atoms with E-state index in [0.29, 0.717) is 28.5 Å². The average molecular weight is 346 g/mol. The van der Waals surface area contributed by atoms with Gasteiger partial charge in [-0.05, 0) is 30.7 Å². The van der Waals surface area contributed by atoms with Crippen LogP contribution in [0.4, 0.5) is 4.39 Å². The van der Waals surface area contributed by atoms with Crippen LogP contribution in [0.5, 0.6) is 11.5 Å². The maximum absolute atomic E-state index is 13.7. The number of rotatable bonds is 6. The molecule has 0 saturated carbocycles. The van der Waals surface area contributed by atoms with E-state index in [0.717, 1.165) is 25.0 Å². The molecular formula is C19H19FO5. The van der Waals surface area contributed by atoms with Crippen molar-refractivity contribution < 1.29 is 23.4 Å². The van der Waals surface area contributed by atoms with Crippen LogP contribution in [0.15, 0.2) is 39.5 Å². The van der Waals surface area contributed by atoms with E-state index in [2.05, 4.69) is 0 Å². The number of phenolic OH excluding ortho intramolecular Hbond substituents is 1. The Hall–Kier alpha value is -2.60. The van der Waals surface area contributed by atoms with E-state index in [9.17, 15) is 14.3 Å². The molecule has 0 spiro atoms. The Bertz CT molecular complexity index is 963. The van der Waals surface area contributed by atoms with Crippen LogP contribution in [0.1, 0.15) is 19.8 Å². The van der Waals surface area contributed by atoms with Crippen LogP contribution < -0.4 is 10.4 Å². The summed E-state index contributed by atoms with van der Waals surface area (Å²) >= 11 is 0. The van der Waals surface area contributed by atoms with Gasteiger partial charge in [0, 0.05) is 37.0 Å². The monoisotopic (exact) mass is 346 g/mol. The van der Waals surface area contributed by atoms with E-state index >= 15 is 0 Å². The summed E-state index contributed by atoms with van der Waals surface area (Å²) in [4.78, 5) is 12.3. The van der Waals surface area contributed by atoms with Gasteiger partial charge in [0.2, 0.25) is 0 Å². The van der Waals surface area contributed by atoms with Crippen molar-refractivity contribution in [1.29, 1.82) is 0 Å². The predicted molar refractivity (Wildman–Crippen MR) is 92.8 cm³/mol. The van der Waals surface area contributed by atoms with Gasteiger partial charge in [-0.25, -0.2) is 9.18 Å². The van der Waals surface area contributed by atoms with Crippen LogP contribution in [-0.2, 0) is 4.74 Å². The standard InChI is InChI=1S/C19H19FO5/c1-3-11(6-7-23-2)24-12-4-5-13-14-9-16(20)17(21)10-18(14)25-19(22)15(13)8-12/h4-5,8-11,21H,3,6-7H2,1-2H3. The minimum atomic E-state index is -0.770. The van der Waals surface area contributed by atoms with Gasteiger partial charge in [0.05, 0.1) is 5.39 Å². The molecule has 1 heterocycles. The number of fused-ring (bicyclic) bond motifs is 3. The minimum absolute atomic E-state index is 0.0284. The van der Waals surface area contributed by atoms with Crippen molar-refractivity contribution in [3.63, 3.8) is 0 Å². The second-order valence-corrected chi connectivity index (χ2v) is 5.83. The highest BCUT2D eigenvalue weighted by Crippen LogP contribution is 2.30. The number of hydrogen-bond acceptors (Lipinski definition) is 5. The van der Waals surface area contributed by atoms with Gasteiger partial charge in [-0.2, -0.15) is 0 Å². The van der Waals surface area contributed by atoms with Crippen molar-refractivity contribution in [2.24, 2.45) is 0 Å². The first-order valence-corrected chi connectivity index (χ1v) is 8.08. The molecule has 5 nitrogen and oxygen atoms in total. The first-order chi connectivity index (χ1) is 12.0. The summed E-state index contributed by atoms with van der Waals surface area (Å²) in [6, 6.07) is 7.30. The Labute approximate surface area is 143 Å². The molecule has 0 radical (unpaired) electrons. The summed E-state index contributed by atoms with van der Waals surface area (Å²) in [5, 5.41) is 10.7. The number of ether oxygens (including phenoxy) is 2. The largest absolute Gasteiger partial charge is 0.505 e. The maximum atomic E-state index is 13.7. The molecule has 0 fully saturated rings. The molecule has 1 N–H and O–H groups in total. The van der Waals surface area contributed by atoms with E-state index in [-0.39, 0.29) is 11.7 Å². The van der Waals surface area contributed by atoms with Crippen molar-refractivity contribution in [3.05, 3.63) is 46.6 Å². The molecule has 0 amide bonds. The Balaban J connectivity index is 2.06. The van der Waals surface area contributed by atoms with Crippen LogP contribution >= 0.6 is 0 Å². The summed E-state index contributed by atoms with van der Waals surface area (Å²) in [7, 11) is 1.63. The van der Waals surface area contributed by atoms with Gasteiger partial charge in [-0.3, -0.25) is 0 Å². The van der Waals surface area contributed by atoms with Gasteiger partial charge in [0.15, 0.2) is 11.6 Å². The topological polar surface area (TPSA) is 68.9 Å². The van der Waals surface area contributed by atoms with Crippen molar-refractivity contribution in [1.82, 2.24) is 0 Å². The normalized spacial score (nSPS) is 12.6. The Kier molecular flexibility index (Phi) is 4.90. The van der Waals surface area contributed by atoms with E-state index < -0.39 is 17.2 Å². The third-order valence-electron chi connectivity index (χ3n) is 4.15. The quantitative estimate of drug-likeness (QED) is 0.540. The van der Waals surface area contributed by atoms with Crippen LogP contribution in [-0.4, -0.2) is 24.9 Å². The third kappa shape index (κ3) is 3.44. The third-order valence-corrected chi connectivity index (χ3v) is 4.15. The first kappa shape index (κ1) is 17.2. The zero-order valence-electron chi connectivity index (χ0n) is 14.0. The molecule has 1 unspecified atom stereocenters. The lowest BCUT2D eigenvalue weighted by molar-refractivity contribution is 0.123. The lowest BCUT2D eigenvalue weighted by Crippen LogP contribution is -2.17. The van der Waals surface area contributed by atoms with Gasteiger partial charge < -0.3 is 19.0 Å². The summed E-state index contributed by atoms with van der Waals surface area (Å²) in [6.45, 7) is 2.60. The predicted octanol–water partition coefficient (Wildman–Crippen LogP) is 3.98. The summed E-state index contributed by atoms with van der Waals surface area (Å²) in [5.41, 5.74) is -0.430. The second-order valence-electron chi connectivity index (χ2n) is 5.83. The molecule has 0 aliphatic carbocycles. The zero-order valence-corrected chi connectivity index (χ0v) is 14.0. The molecule has 2 aromatic carbocycles. The van der Waals surface area contributed by atoms with Gasteiger partial charge in [-0.15, -0.1) is 0 Å². The van der Waals surface area contributed by atoms with E-state index in [1.165, 1.54) is 0 Å². The Morgan fingerprint density at radius 1 is 1.20 bits per heavy atom. The fraction of sp³-hybridized carbons (Fsp3) is 0.316. The van der Waals surface area contributed by atoms with Crippen molar-refractivity contribution >= 4 is 21.7 Å².